The molecule has 0 bridgehead atoms. The molecule has 0 aromatic heterocycles. The van der Waals surface area contributed by atoms with Crippen LogP contribution in [0.2, 0.25) is 0 Å². The Morgan fingerprint density at radius 1 is 1.31 bits per heavy atom. The average molecular weight is 198 g/mol. The van der Waals surface area contributed by atoms with Crippen LogP contribution in [0.25, 0.3) is 0 Å². The monoisotopic (exact) mass is 198 g/mol. The first kappa shape index (κ1) is 12.3. The summed E-state index contributed by atoms with van der Waals surface area (Å²) in [6.45, 7) is 4.15. The van der Waals surface area contributed by atoms with E-state index in [-0.39, 0.29) is 6.10 Å². The summed E-state index contributed by atoms with van der Waals surface area (Å²) in [6.07, 6.45) is -5.30. The van der Waals surface area contributed by atoms with Crippen molar-refractivity contribution in [3.8, 4) is 0 Å². The number of ether oxygens (including phenoxy) is 1. The molecule has 0 amide bonds. The molecule has 5 heteroatoms. The van der Waals surface area contributed by atoms with Gasteiger partial charge in [-0.1, -0.05) is 6.92 Å². The van der Waals surface area contributed by atoms with Crippen molar-refractivity contribution in [2.45, 2.75) is 39.5 Å². The molecule has 0 aliphatic heterocycles. The van der Waals surface area contributed by atoms with Gasteiger partial charge in [0.25, 0.3) is 0 Å². The first-order valence-corrected chi connectivity index (χ1v) is 3.99. The Hall–Kier alpha value is -0.740. The second-order valence-corrected chi connectivity index (χ2v) is 3.19. The molecule has 1 atom stereocenters. The van der Waals surface area contributed by atoms with Crippen LogP contribution in [0.15, 0.2) is 0 Å². The van der Waals surface area contributed by atoms with Crippen LogP contribution in [0, 0.1) is 5.92 Å². The summed E-state index contributed by atoms with van der Waals surface area (Å²) in [5.74, 6) is -2.45. The SMILES string of the molecule is CC(C)OC(=O)C[C@@H](C)C(F)(F)F. The topological polar surface area (TPSA) is 26.3 Å². The number of esters is 1. The lowest BCUT2D eigenvalue weighted by Gasteiger charge is -2.15. The number of alkyl halides is 3. The minimum absolute atomic E-state index is 0.368. The Kier molecular flexibility index (Phi) is 4.23. The minimum atomic E-state index is -4.32. The van der Waals surface area contributed by atoms with E-state index in [1.54, 1.807) is 13.8 Å². The summed E-state index contributed by atoms with van der Waals surface area (Å²) in [7, 11) is 0. The highest BCUT2D eigenvalue weighted by molar-refractivity contribution is 5.69. The lowest BCUT2D eigenvalue weighted by Crippen LogP contribution is -2.24. The van der Waals surface area contributed by atoms with E-state index in [2.05, 4.69) is 4.74 Å². The number of rotatable bonds is 3. The molecule has 13 heavy (non-hydrogen) atoms. The fourth-order valence-electron chi connectivity index (χ4n) is 0.677. The molecule has 2 nitrogen and oxygen atoms in total. The van der Waals surface area contributed by atoms with Crippen molar-refractivity contribution < 1.29 is 22.7 Å². The number of hydrogen-bond acceptors (Lipinski definition) is 2. The van der Waals surface area contributed by atoms with Crippen LogP contribution in [-0.2, 0) is 9.53 Å². The quantitative estimate of drug-likeness (QED) is 0.651. The molecule has 0 saturated heterocycles. The van der Waals surface area contributed by atoms with Crippen molar-refractivity contribution >= 4 is 5.97 Å². The lowest BCUT2D eigenvalue weighted by atomic mass is 10.1. The first-order valence-electron chi connectivity index (χ1n) is 3.99. The van der Waals surface area contributed by atoms with Crippen LogP contribution in [0.5, 0.6) is 0 Å². The molecule has 78 valence electrons. The summed E-state index contributed by atoms with van der Waals surface area (Å²) in [6, 6.07) is 0. The predicted molar refractivity (Wildman–Crippen MR) is 41.1 cm³/mol. The summed E-state index contributed by atoms with van der Waals surface area (Å²) in [4.78, 5) is 10.8. The minimum Gasteiger partial charge on any atom is -0.463 e. The van der Waals surface area contributed by atoms with Crippen molar-refractivity contribution in [1.29, 1.82) is 0 Å². The third kappa shape index (κ3) is 5.49. The highest BCUT2D eigenvalue weighted by Gasteiger charge is 2.37. The molecule has 0 fully saturated rings. The van der Waals surface area contributed by atoms with Crippen molar-refractivity contribution in [2.24, 2.45) is 5.92 Å². The van der Waals surface area contributed by atoms with E-state index in [4.69, 9.17) is 0 Å². The largest absolute Gasteiger partial charge is 0.463 e. The fraction of sp³-hybridized carbons (Fsp3) is 0.875. The van der Waals surface area contributed by atoms with Gasteiger partial charge >= 0.3 is 12.1 Å². The van der Waals surface area contributed by atoms with Gasteiger partial charge in [0.05, 0.1) is 18.4 Å². The first-order chi connectivity index (χ1) is 5.73. The maximum atomic E-state index is 11.9. The molecule has 0 N–H and O–H groups in total. The Bertz CT molecular complexity index is 175. The van der Waals surface area contributed by atoms with E-state index in [9.17, 15) is 18.0 Å². The van der Waals surface area contributed by atoms with Crippen LogP contribution < -0.4 is 0 Å². The lowest BCUT2D eigenvalue weighted by molar-refractivity contribution is -0.181. The molecule has 0 rings (SSSR count). The predicted octanol–water partition coefficient (Wildman–Crippen LogP) is 2.53. The second kappa shape index (κ2) is 4.48. The number of halogens is 3. The normalized spacial score (nSPS) is 14.4. The van der Waals surface area contributed by atoms with Crippen LogP contribution in [0.3, 0.4) is 0 Å². The van der Waals surface area contributed by atoms with Crippen LogP contribution in [0.4, 0.5) is 13.2 Å². The van der Waals surface area contributed by atoms with Crippen molar-refractivity contribution in [3.63, 3.8) is 0 Å². The summed E-state index contributed by atoms with van der Waals surface area (Å²) in [5.41, 5.74) is 0. The van der Waals surface area contributed by atoms with Gasteiger partial charge in [0.1, 0.15) is 0 Å². The molecule has 0 radical (unpaired) electrons. The Labute approximate surface area is 75.1 Å². The van der Waals surface area contributed by atoms with Gasteiger partial charge in [-0.25, -0.2) is 0 Å². The van der Waals surface area contributed by atoms with E-state index in [1.807, 2.05) is 0 Å². The molecule has 0 heterocycles. The third-order valence-electron chi connectivity index (χ3n) is 1.40. The third-order valence-corrected chi connectivity index (χ3v) is 1.40. The van der Waals surface area contributed by atoms with Gasteiger partial charge in [0.15, 0.2) is 0 Å². The second-order valence-electron chi connectivity index (χ2n) is 3.19. The van der Waals surface area contributed by atoms with E-state index in [0.29, 0.717) is 0 Å². The standard InChI is InChI=1S/C8H13F3O2/c1-5(2)13-7(12)4-6(3)8(9,10)11/h5-6H,4H2,1-3H3/t6-/m1/s1. The Morgan fingerprint density at radius 3 is 2.08 bits per heavy atom. The average Bonchev–Trinajstić information content (AvgIpc) is 1.82. The molecule has 0 saturated carbocycles. The van der Waals surface area contributed by atoms with E-state index >= 15 is 0 Å². The molecule has 0 spiro atoms. The molecule has 0 aliphatic rings. The Balaban J connectivity index is 3.93. The smallest absolute Gasteiger partial charge is 0.392 e. The zero-order valence-corrected chi connectivity index (χ0v) is 7.81. The molecule has 0 aromatic carbocycles. The van der Waals surface area contributed by atoms with Gasteiger partial charge in [-0.2, -0.15) is 13.2 Å². The molecule has 0 unspecified atom stereocenters. The van der Waals surface area contributed by atoms with Gasteiger partial charge < -0.3 is 4.74 Å². The van der Waals surface area contributed by atoms with E-state index in [0.717, 1.165) is 6.92 Å². The van der Waals surface area contributed by atoms with Crippen molar-refractivity contribution in [2.75, 3.05) is 0 Å². The van der Waals surface area contributed by atoms with Gasteiger partial charge in [0, 0.05) is 0 Å². The van der Waals surface area contributed by atoms with E-state index < -0.39 is 24.5 Å². The van der Waals surface area contributed by atoms with Gasteiger partial charge in [-0.05, 0) is 13.8 Å². The summed E-state index contributed by atoms with van der Waals surface area (Å²) in [5, 5.41) is 0. The summed E-state index contributed by atoms with van der Waals surface area (Å²) >= 11 is 0. The molecular formula is C8H13F3O2. The van der Waals surface area contributed by atoms with Crippen LogP contribution in [-0.4, -0.2) is 18.2 Å². The number of hydrogen-bond donors (Lipinski definition) is 0. The van der Waals surface area contributed by atoms with Crippen molar-refractivity contribution in [3.05, 3.63) is 0 Å². The van der Waals surface area contributed by atoms with Gasteiger partial charge in [-0.15, -0.1) is 0 Å². The van der Waals surface area contributed by atoms with Gasteiger partial charge in [0.2, 0.25) is 0 Å². The van der Waals surface area contributed by atoms with Crippen LogP contribution >= 0.6 is 0 Å². The Morgan fingerprint density at radius 2 is 1.77 bits per heavy atom. The van der Waals surface area contributed by atoms with Crippen LogP contribution in [0.1, 0.15) is 27.2 Å². The van der Waals surface area contributed by atoms with Crippen molar-refractivity contribution in [1.82, 2.24) is 0 Å². The number of carbonyl (C=O) groups excluding carboxylic acids is 1. The molecule has 0 aliphatic carbocycles. The maximum absolute atomic E-state index is 11.9. The highest BCUT2D eigenvalue weighted by atomic mass is 19.4. The highest BCUT2D eigenvalue weighted by Crippen LogP contribution is 2.28. The maximum Gasteiger partial charge on any atom is 0.392 e. The zero-order valence-electron chi connectivity index (χ0n) is 7.81. The fourth-order valence-corrected chi connectivity index (χ4v) is 0.677. The summed E-state index contributed by atoms with van der Waals surface area (Å²) < 4.78 is 40.4. The van der Waals surface area contributed by atoms with E-state index in [1.165, 1.54) is 0 Å². The number of carbonyl (C=O) groups is 1. The zero-order chi connectivity index (χ0) is 10.6. The molecule has 0 aromatic rings. The molecular weight excluding hydrogens is 185 g/mol. The van der Waals surface area contributed by atoms with Gasteiger partial charge in [-0.3, -0.25) is 4.79 Å².